The number of hydrogen-bond acceptors (Lipinski definition) is 9. The van der Waals surface area contributed by atoms with Gasteiger partial charge in [-0.15, -0.1) is 5.10 Å². The Hall–Kier alpha value is -3.79. The van der Waals surface area contributed by atoms with E-state index in [0.717, 1.165) is 22.2 Å². The predicted molar refractivity (Wildman–Crippen MR) is 122 cm³/mol. The SMILES string of the molecule is COc1cc(Cc2nc3cc(NCCCO)ccc3c3nc(N)nn23)cc(OC)c1OC. The molecule has 10 heteroatoms. The molecule has 168 valence electrons. The van der Waals surface area contributed by atoms with Crippen LogP contribution >= 0.6 is 0 Å². The second-order valence-electron chi connectivity index (χ2n) is 7.18. The number of aliphatic hydroxyl groups excluding tert-OH is 1. The second-order valence-corrected chi connectivity index (χ2v) is 7.18. The zero-order valence-corrected chi connectivity index (χ0v) is 18.3. The summed E-state index contributed by atoms with van der Waals surface area (Å²) in [5.74, 6) is 2.49. The van der Waals surface area contributed by atoms with Crippen LogP contribution in [0.25, 0.3) is 16.6 Å². The summed E-state index contributed by atoms with van der Waals surface area (Å²) < 4.78 is 18.0. The molecular formula is C22H26N6O4. The predicted octanol–water partition coefficient (Wildman–Crippen LogP) is 2.27. The van der Waals surface area contributed by atoms with E-state index >= 15 is 0 Å². The highest BCUT2D eigenvalue weighted by molar-refractivity contribution is 5.93. The van der Waals surface area contributed by atoms with Crippen molar-refractivity contribution >= 4 is 28.2 Å². The number of nitrogen functional groups attached to an aromatic ring is 1. The lowest BCUT2D eigenvalue weighted by Gasteiger charge is -2.14. The lowest BCUT2D eigenvalue weighted by Crippen LogP contribution is -2.07. The third-order valence-electron chi connectivity index (χ3n) is 5.11. The topological polar surface area (TPSA) is 129 Å². The van der Waals surface area contributed by atoms with Crippen molar-refractivity contribution in [2.45, 2.75) is 12.8 Å². The number of fused-ring (bicyclic) bond motifs is 3. The van der Waals surface area contributed by atoms with Gasteiger partial charge in [-0.25, -0.2) is 4.98 Å². The molecule has 10 nitrogen and oxygen atoms in total. The Kier molecular flexibility index (Phi) is 6.13. The number of aliphatic hydroxyl groups is 1. The molecule has 0 unspecified atom stereocenters. The molecule has 2 aromatic heterocycles. The Balaban J connectivity index is 1.80. The number of nitrogens with one attached hydrogen (secondary N) is 1. The van der Waals surface area contributed by atoms with E-state index in [9.17, 15) is 0 Å². The summed E-state index contributed by atoms with van der Waals surface area (Å²) in [7, 11) is 4.73. The van der Waals surface area contributed by atoms with Crippen molar-refractivity contribution in [2.24, 2.45) is 0 Å². The maximum atomic E-state index is 9.01. The van der Waals surface area contributed by atoms with Gasteiger partial charge in [-0.3, -0.25) is 0 Å². The highest BCUT2D eigenvalue weighted by Gasteiger charge is 2.17. The van der Waals surface area contributed by atoms with Crippen molar-refractivity contribution in [2.75, 3.05) is 45.5 Å². The Morgan fingerprint density at radius 3 is 2.44 bits per heavy atom. The van der Waals surface area contributed by atoms with Crippen LogP contribution in [-0.4, -0.2) is 59.2 Å². The molecule has 0 bridgehead atoms. The fraction of sp³-hybridized carbons (Fsp3) is 0.318. The molecule has 2 aromatic carbocycles. The van der Waals surface area contributed by atoms with Gasteiger partial charge < -0.3 is 30.4 Å². The number of nitrogens with zero attached hydrogens (tertiary/aromatic N) is 4. The van der Waals surface area contributed by atoms with Crippen LogP contribution in [0.4, 0.5) is 11.6 Å². The van der Waals surface area contributed by atoms with Crippen LogP contribution in [0.3, 0.4) is 0 Å². The number of rotatable bonds is 9. The number of hydrogen-bond donors (Lipinski definition) is 3. The minimum Gasteiger partial charge on any atom is -0.493 e. The molecule has 32 heavy (non-hydrogen) atoms. The number of methoxy groups -OCH3 is 3. The van der Waals surface area contributed by atoms with Crippen molar-refractivity contribution in [3.8, 4) is 17.2 Å². The summed E-state index contributed by atoms with van der Waals surface area (Å²) in [6.45, 7) is 0.803. The molecule has 0 atom stereocenters. The van der Waals surface area contributed by atoms with Gasteiger partial charge in [0, 0.05) is 30.6 Å². The molecular weight excluding hydrogens is 412 g/mol. The first-order valence-electron chi connectivity index (χ1n) is 10.2. The first-order chi connectivity index (χ1) is 15.6. The molecule has 4 rings (SSSR count). The zero-order chi connectivity index (χ0) is 22.7. The normalized spacial score (nSPS) is 11.1. The smallest absolute Gasteiger partial charge is 0.240 e. The first-order valence-corrected chi connectivity index (χ1v) is 10.2. The van der Waals surface area contributed by atoms with E-state index in [4.69, 9.17) is 30.0 Å². The second kappa shape index (κ2) is 9.15. The number of benzene rings is 2. The van der Waals surface area contributed by atoms with Crippen LogP contribution in [0.5, 0.6) is 17.2 Å². The molecule has 4 N–H and O–H groups in total. The third-order valence-corrected chi connectivity index (χ3v) is 5.11. The van der Waals surface area contributed by atoms with E-state index in [0.29, 0.717) is 48.1 Å². The summed E-state index contributed by atoms with van der Waals surface area (Å²) in [6, 6.07) is 9.61. The molecule has 0 amide bonds. The maximum Gasteiger partial charge on any atom is 0.240 e. The van der Waals surface area contributed by atoms with Gasteiger partial charge in [-0.05, 0) is 42.3 Å². The van der Waals surface area contributed by atoms with Gasteiger partial charge in [0.05, 0.1) is 26.8 Å². The van der Waals surface area contributed by atoms with Gasteiger partial charge in [0.15, 0.2) is 17.1 Å². The minimum atomic E-state index is 0.136. The molecule has 0 aliphatic rings. The fourth-order valence-electron chi connectivity index (χ4n) is 3.64. The van der Waals surface area contributed by atoms with Crippen LogP contribution in [0, 0.1) is 0 Å². The van der Waals surface area contributed by atoms with Crippen molar-refractivity contribution in [3.63, 3.8) is 0 Å². The minimum absolute atomic E-state index is 0.136. The summed E-state index contributed by atoms with van der Waals surface area (Å²) in [5, 5.41) is 17.5. The molecule has 0 aliphatic carbocycles. The van der Waals surface area contributed by atoms with Gasteiger partial charge in [-0.2, -0.15) is 9.50 Å². The summed E-state index contributed by atoms with van der Waals surface area (Å²) in [5.41, 5.74) is 9.13. The highest BCUT2D eigenvalue weighted by Crippen LogP contribution is 2.38. The first kappa shape index (κ1) is 21.4. The lowest BCUT2D eigenvalue weighted by atomic mass is 10.1. The molecule has 0 fully saturated rings. The molecule has 0 spiro atoms. The van der Waals surface area contributed by atoms with Gasteiger partial charge in [0.2, 0.25) is 11.7 Å². The van der Waals surface area contributed by atoms with Gasteiger partial charge >= 0.3 is 0 Å². The Morgan fingerprint density at radius 2 is 1.78 bits per heavy atom. The zero-order valence-electron chi connectivity index (χ0n) is 18.3. The number of ether oxygens (including phenoxy) is 3. The van der Waals surface area contributed by atoms with Crippen LogP contribution in [0.2, 0.25) is 0 Å². The lowest BCUT2D eigenvalue weighted by molar-refractivity contribution is 0.292. The van der Waals surface area contributed by atoms with E-state index in [-0.39, 0.29) is 12.6 Å². The van der Waals surface area contributed by atoms with Crippen LogP contribution < -0.4 is 25.3 Å². The van der Waals surface area contributed by atoms with Crippen molar-refractivity contribution in [1.82, 2.24) is 19.6 Å². The fourth-order valence-corrected chi connectivity index (χ4v) is 3.64. The van der Waals surface area contributed by atoms with Crippen molar-refractivity contribution in [3.05, 3.63) is 41.7 Å². The largest absolute Gasteiger partial charge is 0.493 e. The van der Waals surface area contributed by atoms with Gasteiger partial charge in [0.25, 0.3) is 0 Å². The highest BCUT2D eigenvalue weighted by atomic mass is 16.5. The van der Waals surface area contributed by atoms with E-state index in [1.165, 1.54) is 0 Å². The average Bonchev–Trinajstić information content (AvgIpc) is 3.20. The number of anilines is 2. The molecule has 0 saturated carbocycles. The summed E-state index contributed by atoms with van der Waals surface area (Å²) in [4.78, 5) is 9.27. The van der Waals surface area contributed by atoms with Crippen LogP contribution in [0.1, 0.15) is 17.8 Å². The van der Waals surface area contributed by atoms with Crippen molar-refractivity contribution < 1.29 is 19.3 Å². The quantitative estimate of drug-likeness (QED) is 0.337. The maximum absolute atomic E-state index is 9.01. The Labute approximate surface area is 184 Å². The van der Waals surface area contributed by atoms with E-state index in [1.807, 2.05) is 30.3 Å². The van der Waals surface area contributed by atoms with Gasteiger partial charge in [-0.1, -0.05) is 0 Å². The van der Waals surface area contributed by atoms with E-state index in [1.54, 1.807) is 25.8 Å². The van der Waals surface area contributed by atoms with E-state index in [2.05, 4.69) is 15.4 Å². The van der Waals surface area contributed by atoms with Crippen LogP contribution in [0.15, 0.2) is 30.3 Å². The third kappa shape index (κ3) is 4.04. The Morgan fingerprint density at radius 1 is 1.03 bits per heavy atom. The molecule has 0 aliphatic heterocycles. The van der Waals surface area contributed by atoms with E-state index < -0.39 is 0 Å². The number of nitrogens with two attached hydrogens (primary N) is 1. The standard InChI is InChI=1S/C22H26N6O4/c1-30-17-9-13(10-18(31-2)20(17)32-3)11-19-25-16-12-14(24-7-4-8-29)5-6-15(16)21-26-22(23)27-28(19)21/h5-6,9-10,12,24,29H,4,7-8,11H2,1-3H3,(H2,23,27). The van der Waals surface area contributed by atoms with Gasteiger partial charge in [0.1, 0.15) is 5.82 Å². The Bertz CT molecular complexity index is 1230. The molecule has 2 heterocycles. The summed E-state index contributed by atoms with van der Waals surface area (Å²) >= 11 is 0. The molecule has 4 aromatic rings. The monoisotopic (exact) mass is 438 g/mol. The van der Waals surface area contributed by atoms with Crippen LogP contribution in [-0.2, 0) is 6.42 Å². The van der Waals surface area contributed by atoms with Crippen molar-refractivity contribution in [1.29, 1.82) is 0 Å². The summed E-state index contributed by atoms with van der Waals surface area (Å²) in [6.07, 6.45) is 1.10. The molecule has 0 radical (unpaired) electrons. The average molecular weight is 438 g/mol. The number of aromatic nitrogens is 4. The molecule has 0 saturated heterocycles.